The number of nitrogens with one attached hydrogen (secondary N) is 1. The molecule has 3 rings (SSSR count). The van der Waals surface area contributed by atoms with Crippen molar-refractivity contribution in [3.63, 3.8) is 0 Å². The van der Waals surface area contributed by atoms with Crippen LogP contribution in [0.5, 0.6) is 11.5 Å². The third-order valence-corrected chi connectivity index (χ3v) is 3.33. The molecule has 0 aliphatic carbocycles. The number of amides is 1. The van der Waals surface area contributed by atoms with Gasteiger partial charge in [-0.1, -0.05) is 6.07 Å². The lowest BCUT2D eigenvalue weighted by Gasteiger charge is -2.21. The van der Waals surface area contributed by atoms with Crippen LogP contribution in [0.2, 0.25) is 0 Å². The minimum Gasteiger partial charge on any atom is -0.454 e. The lowest BCUT2D eigenvalue weighted by Crippen LogP contribution is -2.35. The average molecular weight is 307 g/mol. The van der Waals surface area contributed by atoms with Gasteiger partial charge in [-0.2, -0.15) is 0 Å². The van der Waals surface area contributed by atoms with Crippen molar-refractivity contribution in [3.8, 4) is 11.5 Å². The fourth-order valence-corrected chi connectivity index (χ4v) is 2.49. The molecule has 2 aliphatic rings. The van der Waals surface area contributed by atoms with Crippen molar-refractivity contribution >= 4 is 18.7 Å². The molecule has 2 heterocycles. The fraction of sp³-hybridized carbons (Fsp3) is 0.500. The van der Waals surface area contributed by atoms with Crippen LogP contribution in [0.4, 0.5) is 4.79 Å². The van der Waals surface area contributed by atoms with Crippen molar-refractivity contribution in [2.75, 3.05) is 13.3 Å². The summed E-state index contributed by atoms with van der Waals surface area (Å²) in [5, 5.41) is 12.7. The van der Waals surface area contributed by atoms with Gasteiger partial charge in [-0.25, -0.2) is 4.79 Å². The first-order chi connectivity index (χ1) is 10.3. The van der Waals surface area contributed by atoms with E-state index in [2.05, 4.69) is 5.32 Å². The quantitative estimate of drug-likeness (QED) is 0.782. The van der Waals surface area contributed by atoms with Crippen LogP contribution in [0.25, 0.3) is 0 Å². The summed E-state index contributed by atoms with van der Waals surface area (Å²) in [5.74, 6) is 1.09. The number of carbonyl (C=O) groups is 1. The minimum absolute atomic E-state index is 0.124. The molecule has 118 valence electrons. The summed E-state index contributed by atoms with van der Waals surface area (Å²) in [5.41, 5.74) is 0.767. The van der Waals surface area contributed by atoms with Crippen molar-refractivity contribution in [3.05, 3.63) is 17.7 Å². The molecule has 0 saturated carbocycles. The summed E-state index contributed by atoms with van der Waals surface area (Å²) >= 11 is 0. The molecule has 0 bridgehead atoms. The van der Waals surface area contributed by atoms with E-state index in [1.807, 2.05) is 0 Å². The van der Waals surface area contributed by atoms with Crippen LogP contribution >= 0.6 is 0 Å². The number of benzene rings is 1. The SMILES string of the molecule is CC(C)(C)OC(=O)NC[C@H]1OB(O)c2c1ccc1c2OCO1. The first kappa shape index (κ1) is 15.0. The number of hydrogen-bond acceptors (Lipinski definition) is 6. The van der Waals surface area contributed by atoms with Crippen molar-refractivity contribution in [2.24, 2.45) is 0 Å². The van der Waals surface area contributed by atoms with Gasteiger partial charge in [0, 0.05) is 12.0 Å². The van der Waals surface area contributed by atoms with Gasteiger partial charge in [-0.05, 0) is 32.4 Å². The van der Waals surface area contributed by atoms with Crippen LogP contribution < -0.4 is 20.3 Å². The Hall–Kier alpha value is -1.93. The van der Waals surface area contributed by atoms with E-state index >= 15 is 0 Å². The third-order valence-electron chi connectivity index (χ3n) is 3.33. The second-order valence-electron chi connectivity index (χ2n) is 6.16. The normalized spacial score (nSPS) is 19.1. The van der Waals surface area contributed by atoms with Gasteiger partial charge in [-0.3, -0.25) is 0 Å². The highest BCUT2D eigenvalue weighted by atomic mass is 16.7. The van der Waals surface area contributed by atoms with Gasteiger partial charge in [0.2, 0.25) is 6.79 Å². The van der Waals surface area contributed by atoms with Crippen LogP contribution in [0.15, 0.2) is 12.1 Å². The first-order valence-electron chi connectivity index (χ1n) is 7.08. The third kappa shape index (κ3) is 2.84. The summed E-state index contributed by atoms with van der Waals surface area (Å²) in [6.45, 7) is 5.69. The molecule has 0 aromatic heterocycles. The Labute approximate surface area is 128 Å². The van der Waals surface area contributed by atoms with E-state index in [1.165, 1.54) is 0 Å². The first-order valence-corrected chi connectivity index (χ1v) is 7.08. The number of carbonyl (C=O) groups excluding carboxylic acids is 1. The van der Waals surface area contributed by atoms with E-state index in [9.17, 15) is 9.82 Å². The molecule has 7 nitrogen and oxygen atoms in total. The molecule has 1 atom stereocenters. The second-order valence-corrected chi connectivity index (χ2v) is 6.16. The number of rotatable bonds is 2. The largest absolute Gasteiger partial charge is 0.496 e. The summed E-state index contributed by atoms with van der Waals surface area (Å²) in [4.78, 5) is 11.7. The highest BCUT2D eigenvalue weighted by molar-refractivity contribution is 6.63. The Morgan fingerprint density at radius 1 is 1.45 bits per heavy atom. The summed E-state index contributed by atoms with van der Waals surface area (Å²) in [6, 6.07) is 3.57. The highest BCUT2D eigenvalue weighted by Crippen LogP contribution is 2.36. The molecule has 1 amide bonds. The van der Waals surface area contributed by atoms with Gasteiger partial charge in [0.1, 0.15) is 5.60 Å². The van der Waals surface area contributed by atoms with E-state index in [-0.39, 0.29) is 13.3 Å². The number of alkyl carbamates (subject to hydrolysis) is 1. The molecular formula is C14H18BNO6. The molecule has 22 heavy (non-hydrogen) atoms. The molecule has 0 fully saturated rings. The Balaban J connectivity index is 1.70. The predicted octanol–water partition coefficient (Wildman–Crippen LogP) is 0.699. The van der Waals surface area contributed by atoms with Gasteiger partial charge in [0.05, 0.1) is 6.10 Å². The van der Waals surface area contributed by atoms with Gasteiger partial charge in [0.15, 0.2) is 11.5 Å². The smallest absolute Gasteiger partial charge is 0.454 e. The summed E-state index contributed by atoms with van der Waals surface area (Å²) in [6.07, 6.45) is -0.994. The molecular weight excluding hydrogens is 289 g/mol. The number of fused-ring (bicyclic) bond motifs is 3. The van der Waals surface area contributed by atoms with Crippen LogP contribution in [0.1, 0.15) is 32.4 Å². The summed E-state index contributed by atoms with van der Waals surface area (Å²) in [7, 11) is -1.10. The number of ether oxygens (including phenoxy) is 3. The molecule has 0 unspecified atom stereocenters. The highest BCUT2D eigenvalue weighted by Gasteiger charge is 2.40. The molecule has 0 saturated heterocycles. The maximum absolute atomic E-state index is 11.7. The zero-order valence-electron chi connectivity index (χ0n) is 12.7. The molecule has 1 aromatic rings. The van der Waals surface area contributed by atoms with Crippen LogP contribution in [0, 0.1) is 0 Å². The van der Waals surface area contributed by atoms with E-state index in [4.69, 9.17) is 18.9 Å². The lowest BCUT2D eigenvalue weighted by molar-refractivity contribution is 0.0498. The van der Waals surface area contributed by atoms with E-state index < -0.39 is 24.9 Å². The number of hydrogen-bond donors (Lipinski definition) is 2. The molecule has 1 aromatic carbocycles. The van der Waals surface area contributed by atoms with E-state index in [0.717, 1.165) is 5.56 Å². The van der Waals surface area contributed by atoms with Crippen molar-refractivity contribution < 1.29 is 28.7 Å². The van der Waals surface area contributed by atoms with E-state index in [0.29, 0.717) is 17.0 Å². The topological polar surface area (TPSA) is 86.3 Å². The Kier molecular flexibility index (Phi) is 3.66. The Morgan fingerprint density at radius 2 is 2.23 bits per heavy atom. The van der Waals surface area contributed by atoms with Gasteiger partial charge >= 0.3 is 13.2 Å². The zero-order valence-corrected chi connectivity index (χ0v) is 12.7. The van der Waals surface area contributed by atoms with Crippen LogP contribution in [-0.2, 0) is 9.39 Å². The standard InChI is InChI=1S/C14H18BNO6/c1-14(2,3)21-13(17)16-6-10-8-4-5-9-12(20-7-19-9)11(8)15(18)22-10/h4-5,10,18H,6-7H2,1-3H3,(H,16,17)/t10-/m1/s1. The molecule has 2 aliphatic heterocycles. The molecule has 2 N–H and O–H groups in total. The summed E-state index contributed by atoms with van der Waals surface area (Å²) < 4.78 is 21.3. The monoisotopic (exact) mass is 307 g/mol. The van der Waals surface area contributed by atoms with E-state index in [1.54, 1.807) is 32.9 Å². The second kappa shape index (κ2) is 5.37. The lowest BCUT2D eigenvalue weighted by atomic mass is 9.78. The van der Waals surface area contributed by atoms with Gasteiger partial charge < -0.3 is 29.2 Å². The Morgan fingerprint density at radius 3 is 2.95 bits per heavy atom. The maximum Gasteiger partial charge on any atom is 0.496 e. The van der Waals surface area contributed by atoms with Crippen molar-refractivity contribution in [1.29, 1.82) is 0 Å². The van der Waals surface area contributed by atoms with Crippen molar-refractivity contribution in [2.45, 2.75) is 32.5 Å². The molecule has 8 heteroatoms. The zero-order chi connectivity index (χ0) is 15.9. The molecule has 0 spiro atoms. The van der Waals surface area contributed by atoms with Crippen LogP contribution in [-0.4, -0.2) is 37.2 Å². The van der Waals surface area contributed by atoms with Crippen molar-refractivity contribution in [1.82, 2.24) is 5.32 Å². The van der Waals surface area contributed by atoms with Gasteiger partial charge in [0.25, 0.3) is 0 Å². The Bertz CT molecular complexity index is 600. The van der Waals surface area contributed by atoms with Gasteiger partial charge in [-0.15, -0.1) is 0 Å². The average Bonchev–Trinajstić information content (AvgIpc) is 2.98. The molecule has 0 radical (unpaired) electrons. The van der Waals surface area contributed by atoms with Crippen LogP contribution in [0.3, 0.4) is 0 Å². The maximum atomic E-state index is 11.7. The fourth-order valence-electron chi connectivity index (χ4n) is 2.49. The minimum atomic E-state index is -1.10. The predicted molar refractivity (Wildman–Crippen MR) is 78.2 cm³/mol.